The maximum absolute atomic E-state index is 6.22. The van der Waals surface area contributed by atoms with Crippen LogP contribution in [0.1, 0.15) is 49.2 Å². The molecule has 37 heavy (non-hydrogen) atoms. The molecule has 0 unspecified atom stereocenters. The minimum absolute atomic E-state index is 0.133. The summed E-state index contributed by atoms with van der Waals surface area (Å²) >= 11 is 5.93. The van der Waals surface area contributed by atoms with Crippen molar-refractivity contribution in [3.8, 4) is 17.2 Å². The quantitative estimate of drug-likeness (QED) is 0.291. The second kappa shape index (κ2) is 10.3. The van der Waals surface area contributed by atoms with Gasteiger partial charge in [0, 0.05) is 23.8 Å². The zero-order valence-electron chi connectivity index (χ0n) is 20.8. The van der Waals surface area contributed by atoms with E-state index in [2.05, 4.69) is 68.4 Å². The van der Waals surface area contributed by atoms with Crippen molar-refractivity contribution in [3.63, 3.8) is 0 Å². The van der Waals surface area contributed by atoms with Crippen LogP contribution in [0, 0.1) is 0 Å². The summed E-state index contributed by atoms with van der Waals surface area (Å²) in [5.41, 5.74) is 4.00. The molecule has 2 aromatic carbocycles. The first-order valence-corrected chi connectivity index (χ1v) is 13.2. The highest BCUT2D eigenvalue weighted by atomic mass is 32.1. The summed E-state index contributed by atoms with van der Waals surface area (Å²) in [6, 6.07) is 26.3. The zero-order chi connectivity index (χ0) is 25.2. The molecular weight excluding hydrogens is 480 g/mol. The number of nitrogens with zero attached hydrogens (tertiary/aromatic N) is 3. The third kappa shape index (κ3) is 4.55. The molecule has 0 bridgehead atoms. The first-order valence-electron chi connectivity index (χ1n) is 12.8. The number of hydrogen-bond donors (Lipinski definition) is 1. The summed E-state index contributed by atoms with van der Waals surface area (Å²) in [5.74, 6) is 1.71. The molecule has 0 spiro atoms. The van der Waals surface area contributed by atoms with Crippen LogP contribution in [0.25, 0.3) is 5.69 Å². The van der Waals surface area contributed by atoms with Gasteiger partial charge in [-0.25, -0.2) is 0 Å². The number of thiocarbonyl (C=S) groups is 1. The second-order valence-electron chi connectivity index (χ2n) is 9.49. The maximum atomic E-state index is 6.22. The van der Waals surface area contributed by atoms with Crippen molar-refractivity contribution >= 4 is 23.0 Å². The lowest BCUT2D eigenvalue weighted by atomic mass is 10.0. The minimum atomic E-state index is -0.135. The molecule has 1 aliphatic carbocycles. The van der Waals surface area contributed by atoms with Crippen LogP contribution in [0.15, 0.2) is 91.3 Å². The highest BCUT2D eigenvalue weighted by Gasteiger charge is 2.42. The van der Waals surface area contributed by atoms with E-state index in [9.17, 15) is 0 Å². The Morgan fingerprint density at radius 2 is 1.70 bits per heavy atom. The van der Waals surface area contributed by atoms with Gasteiger partial charge in [0.15, 0.2) is 5.11 Å². The summed E-state index contributed by atoms with van der Waals surface area (Å²) < 4.78 is 14.1. The number of nitrogens with one attached hydrogen (secondary N) is 1. The fraction of sp³-hybridized carbons (Fsp3) is 0.267. The van der Waals surface area contributed by atoms with E-state index in [1.165, 1.54) is 12.8 Å². The van der Waals surface area contributed by atoms with Crippen LogP contribution in [-0.4, -0.2) is 27.9 Å². The number of aromatic nitrogens is 2. The molecule has 4 aromatic rings. The Morgan fingerprint density at radius 3 is 2.46 bits per heavy atom. The topological polar surface area (TPSA) is 51.5 Å². The Balaban J connectivity index is 1.41. The molecule has 0 amide bonds. The van der Waals surface area contributed by atoms with Gasteiger partial charge in [-0.15, -0.1) is 0 Å². The fourth-order valence-electron chi connectivity index (χ4n) is 5.50. The third-order valence-electron chi connectivity index (χ3n) is 7.25. The standard InChI is InChI=1S/C30H30N4O2S/c1-35-27-14-5-4-12-25(27)33-20-8-13-26(33)29-28(24-11-6-7-19-31-24)32-30(37)34(29)21-15-17-23(18-16-21)36-22-9-2-3-10-22/h4-8,11-20,22,28-29H,2-3,9-10H2,1H3,(H,32,37)/t28-,29+/m0/s1. The number of anilines is 1. The smallest absolute Gasteiger partial charge is 0.174 e. The molecule has 6 rings (SSSR count). The molecule has 2 atom stereocenters. The van der Waals surface area contributed by atoms with Crippen molar-refractivity contribution in [3.05, 3.63) is 103 Å². The molecule has 2 aliphatic rings. The molecule has 1 saturated carbocycles. The SMILES string of the molecule is COc1ccccc1-n1cccc1[C@@H]1[C@H](c2ccccn2)NC(=S)N1c1ccc(OC2CCCC2)cc1. The van der Waals surface area contributed by atoms with E-state index in [1.54, 1.807) is 7.11 Å². The lowest BCUT2D eigenvalue weighted by Gasteiger charge is -2.29. The van der Waals surface area contributed by atoms with Crippen molar-refractivity contribution in [2.24, 2.45) is 0 Å². The number of rotatable bonds is 7. The highest BCUT2D eigenvalue weighted by molar-refractivity contribution is 7.80. The first-order chi connectivity index (χ1) is 18.2. The average Bonchev–Trinajstić information content (AvgIpc) is 3.70. The Hall–Kier alpha value is -3.84. The molecule has 1 aliphatic heterocycles. The van der Waals surface area contributed by atoms with Gasteiger partial charge in [0.1, 0.15) is 17.5 Å². The van der Waals surface area contributed by atoms with Crippen LogP contribution in [0.5, 0.6) is 11.5 Å². The highest BCUT2D eigenvalue weighted by Crippen LogP contribution is 2.43. The van der Waals surface area contributed by atoms with Gasteiger partial charge in [-0.1, -0.05) is 18.2 Å². The van der Waals surface area contributed by atoms with Crippen LogP contribution in [0.4, 0.5) is 5.69 Å². The van der Waals surface area contributed by atoms with Crippen LogP contribution in [-0.2, 0) is 0 Å². The van der Waals surface area contributed by atoms with E-state index in [0.717, 1.165) is 47.1 Å². The van der Waals surface area contributed by atoms with Crippen LogP contribution in [0.3, 0.4) is 0 Å². The molecule has 7 heteroatoms. The minimum Gasteiger partial charge on any atom is -0.495 e. The van der Waals surface area contributed by atoms with Gasteiger partial charge >= 0.3 is 0 Å². The maximum Gasteiger partial charge on any atom is 0.174 e. The van der Waals surface area contributed by atoms with Gasteiger partial charge in [0.25, 0.3) is 0 Å². The van der Waals surface area contributed by atoms with E-state index in [-0.39, 0.29) is 12.1 Å². The van der Waals surface area contributed by atoms with Crippen LogP contribution >= 0.6 is 12.2 Å². The molecule has 6 nitrogen and oxygen atoms in total. The van der Waals surface area contributed by atoms with Gasteiger partial charge < -0.3 is 24.3 Å². The monoisotopic (exact) mass is 510 g/mol. The van der Waals surface area contributed by atoms with E-state index >= 15 is 0 Å². The summed E-state index contributed by atoms with van der Waals surface area (Å²) in [6.07, 6.45) is 8.99. The predicted molar refractivity (Wildman–Crippen MR) is 150 cm³/mol. The van der Waals surface area contributed by atoms with Crippen LogP contribution in [0.2, 0.25) is 0 Å². The predicted octanol–water partition coefficient (Wildman–Crippen LogP) is 6.38. The number of hydrogen-bond acceptors (Lipinski definition) is 4. The number of benzene rings is 2. The van der Waals surface area contributed by atoms with Gasteiger partial charge in [-0.2, -0.15) is 0 Å². The Morgan fingerprint density at radius 1 is 0.919 bits per heavy atom. The van der Waals surface area contributed by atoms with E-state index in [4.69, 9.17) is 21.7 Å². The summed E-state index contributed by atoms with van der Waals surface area (Å²) in [5, 5.41) is 4.22. The number of pyridine rings is 1. The van der Waals surface area contributed by atoms with Crippen molar-refractivity contribution < 1.29 is 9.47 Å². The lowest BCUT2D eigenvalue weighted by Crippen LogP contribution is -2.30. The molecule has 1 N–H and O–H groups in total. The van der Waals surface area contributed by atoms with E-state index < -0.39 is 0 Å². The van der Waals surface area contributed by atoms with Gasteiger partial charge in [0.05, 0.1) is 30.6 Å². The largest absolute Gasteiger partial charge is 0.495 e. The zero-order valence-corrected chi connectivity index (χ0v) is 21.6. The van der Waals surface area contributed by atoms with Crippen molar-refractivity contribution in [2.45, 2.75) is 43.9 Å². The third-order valence-corrected chi connectivity index (χ3v) is 7.56. The van der Waals surface area contributed by atoms with E-state index in [1.807, 2.05) is 42.6 Å². The van der Waals surface area contributed by atoms with Gasteiger partial charge in [-0.05, 0) is 98.6 Å². The first kappa shape index (κ1) is 23.6. The molecule has 188 valence electrons. The molecule has 3 heterocycles. The Bertz CT molecular complexity index is 1370. The Labute approximate surface area is 222 Å². The van der Waals surface area contributed by atoms with Gasteiger partial charge in [0.2, 0.25) is 0 Å². The number of para-hydroxylation sites is 2. The Kier molecular flexibility index (Phi) is 6.53. The number of methoxy groups -OCH3 is 1. The van der Waals surface area contributed by atoms with Crippen molar-refractivity contribution in [2.75, 3.05) is 12.0 Å². The van der Waals surface area contributed by atoms with E-state index in [0.29, 0.717) is 11.2 Å². The summed E-state index contributed by atoms with van der Waals surface area (Å²) in [7, 11) is 1.70. The van der Waals surface area contributed by atoms with Crippen molar-refractivity contribution in [1.82, 2.24) is 14.9 Å². The molecular formula is C30H30N4O2S. The van der Waals surface area contributed by atoms with Crippen molar-refractivity contribution in [1.29, 1.82) is 0 Å². The summed E-state index contributed by atoms with van der Waals surface area (Å²) in [4.78, 5) is 6.88. The van der Waals surface area contributed by atoms with Gasteiger partial charge in [-0.3, -0.25) is 4.98 Å². The second-order valence-corrected chi connectivity index (χ2v) is 9.88. The summed E-state index contributed by atoms with van der Waals surface area (Å²) in [6.45, 7) is 0. The molecule has 1 saturated heterocycles. The molecule has 2 fully saturated rings. The number of ether oxygens (including phenoxy) is 2. The molecule has 2 aromatic heterocycles. The van der Waals surface area contributed by atoms with Crippen LogP contribution < -0.4 is 19.7 Å². The average molecular weight is 511 g/mol. The fourth-order valence-corrected chi connectivity index (χ4v) is 5.85. The lowest BCUT2D eigenvalue weighted by molar-refractivity contribution is 0.210. The normalized spacial score (nSPS) is 19.7. The molecule has 0 radical (unpaired) electrons.